The van der Waals surface area contributed by atoms with Crippen molar-refractivity contribution in [1.29, 1.82) is 0 Å². The second-order valence-corrected chi connectivity index (χ2v) is 6.62. The zero-order chi connectivity index (χ0) is 8.98. The zero-order valence-corrected chi connectivity index (χ0v) is 9.04. The summed E-state index contributed by atoms with van der Waals surface area (Å²) in [5.74, 6) is 1.71. The van der Waals surface area contributed by atoms with Crippen LogP contribution in [0.25, 0.3) is 0 Å². The van der Waals surface area contributed by atoms with Crippen LogP contribution in [-0.2, 0) is 10.8 Å². The Kier molecular flexibility index (Phi) is 1.70. The summed E-state index contributed by atoms with van der Waals surface area (Å²) < 4.78 is 12.1. The summed E-state index contributed by atoms with van der Waals surface area (Å²) >= 11 is 0. The van der Waals surface area contributed by atoms with Crippen molar-refractivity contribution in [3.8, 4) is 0 Å². The molecule has 1 heterocycles. The van der Waals surface area contributed by atoms with E-state index in [0.717, 1.165) is 18.1 Å². The minimum atomic E-state index is -0.539. The first-order chi connectivity index (χ1) is 5.54. The van der Waals surface area contributed by atoms with Gasteiger partial charge in [0.25, 0.3) is 0 Å². The van der Waals surface area contributed by atoms with Crippen LogP contribution in [0.15, 0.2) is 0 Å². The quantitative estimate of drug-likeness (QED) is 0.614. The van der Waals surface area contributed by atoms with Crippen LogP contribution in [0, 0.1) is 11.3 Å². The van der Waals surface area contributed by atoms with Crippen LogP contribution in [0.3, 0.4) is 0 Å². The highest BCUT2D eigenvalue weighted by atomic mass is 32.2. The van der Waals surface area contributed by atoms with Gasteiger partial charge in [-0.3, -0.25) is 4.21 Å². The highest BCUT2D eigenvalue weighted by Gasteiger charge is 2.62. The molecule has 2 rings (SSSR count). The molecule has 1 aliphatic carbocycles. The van der Waals surface area contributed by atoms with Crippen molar-refractivity contribution in [1.82, 2.24) is 0 Å². The fraction of sp³-hybridized carbons (Fsp3) is 1.00. The molecule has 0 amide bonds. The van der Waals surface area contributed by atoms with E-state index >= 15 is 0 Å². The van der Waals surface area contributed by atoms with Gasteiger partial charge in [-0.1, -0.05) is 20.8 Å². The summed E-state index contributed by atoms with van der Waals surface area (Å²) in [5.41, 5.74) is 0.340. The van der Waals surface area contributed by atoms with Crippen molar-refractivity contribution in [3.63, 3.8) is 0 Å². The van der Waals surface area contributed by atoms with Crippen LogP contribution in [0.4, 0.5) is 0 Å². The van der Waals surface area contributed by atoms with Gasteiger partial charge < -0.3 is 0 Å². The minimum absolute atomic E-state index is 0.178. The van der Waals surface area contributed by atoms with Crippen LogP contribution < -0.4 is 0 Å². The fourth-order valence-corrected chi connectivity index (χ4v) is 5.99. The Morgan fingerprint density at radius 1 is 1.50 bits per heavy atom. The third-order valence-electron chi connectivity index (χ3n) is 4.45. The topological polar surface area (TPSA) is 17.1 Å². The second kappa shape index (κ2) is 2.34. The standard InChI is InChI=1S/C10H18OS/c1-4-10-6-5-8(7-12(10)11)9(10,2)3/h8H,4-7H2,1-3H3/t8-,10?,12?/m1/s1. The minimum Gasteiger partial charge on any atom is -0.259 e. The molecule has 1 aliphatic heterocycles. The van der Waals surface area contributed by atoms with Gasteiger partial charge in [-0.05, 0) is 30.6 Å². The molecule has 0 aromatic rings. The van der Waals surface area contributed by atoms with Crippen LogP contribution in [-0.4, -0.2) is 14.7 Å². The summed E-state index contributed by atoms with van der Waals surface area (Å²) in [6.07, 6.45) is 3.61. The summed E-state index contributed by atoms with van der Waals surface area (Å²) in [4.78, 5) is 0. The zero-order valence-electron chi connectivity index (χ0n) is 8.22. The Morgan fingerprint density at radius 3 is 2.42 bits per heavy atom. The second-order valence-electron chi connectivity index (χ2n) is 4.82. The van der Waals surface area contributed by atoms with Gasteiger partial charge in [0, 0.05) is 16.6 Å². The normalized spacial score (nSPS) is 49.9. The van der Waals surface area contributed by atoms with E-state index in [1.807, 2.05) is 0 Å². The molecule has 2 bridgehead atoms. The molecule has 12 heavy (non-hydrogen) atoms. The molecule has 0 radical (unpaired) electrons. The predicted octanol–water partition coefficient (Wildman–Crippen LogP) is 2.33. The molecule has 1 saturated carbocycles. The van der Waals surface area contributed by atoms with E-state index in [1.54, 1.807) is 0 Å². The van der Waals surface area contributed by atoms with Crippen LogP contribution >= 0.6 is 0 Å². The predicted molar refractivity (Wildman–Crippen MR) is 52.5 cm³/mol. The van der Waals surface area contributed by atoms with E-state index in [0.29, 0.717) is 5.41 Å². The largest absolute Gasteiger partial charge is 0.259 e. The summed E-state index contributed by atoms with van der Waals surface area (Å²) in [7, 11) is -0.539. The average Bonchev–Trinajstić information content (AvgIpc) is 2.36. The molecule has 2 unspecified atom stereocenters. The van der Waals surface area contributed by atoms with Crippen molar-refractivity contribution >= 4 is 10.8 Å². The first-order valence-electron chi connectivity index (χ1n) is 4.93. The molecule has 0 aromatic heterocycles. The highest BCUT2D eigenvalue weighted by molar-refractivity contribution is 7.86. The lowest BCUT2D eigenvalue weighted by Gasteiger charge is -2.35. The van der Waals surface area contributed by atoms with Gasteiger partial charge in [0.1, 0.15) is 0 Å². The van der Waals surface area contributed by atoms with Gasteiger partial charge in [-0.15, -0.1) is 0 Å². The van der Waals surface area contributed by atoms with E-state index < -0.39 is 10.8 Å². The van der Waals surface area contributed by atoms with E-state index in [-0.39, 0.29) is 4.75 Å². The molecule has 2 aliphatic rings. The lowest BCUT2D eigenvalue weighted by molar-refractivity contribution is 0.242. The number of hydrogen-bond acceptors (Lipinski definition) is 1. The molecule has 0 spiro atoms. The molecular formula is C10H18OS. The Hall–Kier alpha value is 0.150. The molecule has 0 aromatic carbocycles. The monoisotopic (exact) mass is 186 g/mol. The lowest BCUT2D eigenvalue weighted by atomic mass is 9.75. The first-order valence-corrected chi connectivity index (χ1v) is 6.25. The first kappa shape index (κ1) is 8.74. The van der Waals surface area contributed by atoms with E-state index in [1.165, 1.54) is 12.8 Å². The van der Waals surface area contributed by atoms with Gasteiger partial charge >= 0.3 is 0 Å². The number of hydrogen-bond donors (Lipinski definition) is 0. The molecule has 70 valence electrons. The van der Waals surface area contributed by atoms with Crippen molar-refractivity contribution < 1.29 is 4.21 Å². The fourth-order valence-electron chi connectivity index (χ4n) is 3.30. The maximum absolute atomic E-state index is 11.9. The smallest absolute Gasteiger partial charge is 0.0510 e. The summed E-state index contributed by atoms with van der Waals surface area (Å²) in [6, 6.07) is 0. The Labute approximate surface area is 77.4 Å². The third-order valence-corrected chi connectivity index (χ3v) is 7.05. The third kappa shape index (κ3) is 0.729. The molecule has 2 heteroatoms. The molecule has 1 nitrogen and oxygen atoms in total. The Bertz CT molecular complexity index is 234. The molecule has 2 fully saturated rings. The van der Waals surface area contributed by atoms with Crippen LogP contribution in [0.1, 0.15) is 40.0 Å². The van der Waals surface area contributed by atoms with Gasteiger partial charge in [-0.25, -0.2) is 0 Å². The van der Waals surface area contributed by atoms with E-state index in [2.05, 4.69) is 20.8 Å². The van der Waals surface area contributed by atoms with Crippen LogP contribution in [0.5, 0.6) is 0 Å². The SMILES string of the molecule is CCC12CC[C@H](CS1=O)C2(C)C. The van der Waals surface area contributed by atoms with Gasteiger partial charge in [0.15, 0.2) is 0 Å². The molecule has 3 atom stereocenters. The van der Waals surface area contributed by atoms with E-state index in [4.69, 9.17) is 0 Å². The van der Waals surface area contributed by atoms with Gasteiger partial charge in [-0.2, -0.15) is 0 Å². The number of rotatable bonds is 1. The lowest BCUT2D eigenvalue weighted by Crippen LogP contribution is -2.39. The molecular weight excluding hydrogens is 168 g/mol. The van der Waals surface area contributed by atoms with Crippen LogP contribution in [0.2, 0.25) is 0 Å². The number of fused-ring (bicyclic) bond motifs is 2. The van der Waals surface area contributed by atoms with Crippen molar-refractivity contribution in [2.75, 3.05) is 5.75 Å². The maximum atomic E-state index is 11.9. The highest BCUT2D eigenvalue weighted by Crippen LogP contribution is 2.60. The van der Waals surface area contributed by atoms with Crippen molar-refractivity contribution in [2.24, 2.45) is 11.3 Å². The maximum Gasteiger partial charge on any atom is 0.0510 e. The Balaban J connectivity index is 2.46. The van der Waals surface area contributed by atoms with E-state index in [9.17, 15) is 4.21 Å². The van der Waals surface area contributed by atoms with Crippen molar-refractivity contribution in [2.45, 2.75) is 44.8 Å². The summed E-state index contributed by atoms with van der Waals surface area (Å²) in [5, 5.41) is 0. The molecule has 1 saturated heterocycles. The average molecular weight is 186 g/mol. The van der Waals surface area contributed by atoms with Gasteiger partial charge in [0.05, 0.1) is 4.75 Å². The van der Waals surface area contributed by atoms with Crippen molar-refractivity contribution in [3.05, 3.63) is 0 Å². The van der Waals surface area contributed by atoms with Gasteiger partial charge in [0.2, 0.25) is 0 Å². The Morgan fingerprint density at radius 2 is 2.17 bits per heavy atom. The summed E-state index contributed by atoms with van der Waals surface area (Å²) in [6.45, 7) is 6.84. The molecule has 0 N–H and O–H groups in total.